The van der Waals surface area contributed by atoms with E-state index in [1.165, 1.54) is 0 Å². The van der Waals surface area contributed by atoms with Crippen LogP contribution in [0.2, 0.25) is 0 Å². The molecular weight excluding hydrogens is 504 g/mol. The largest absolute Gasteiger partial charge is 0.490 e. The molecule has 0 saturated carbocycles. The SMILES string of the molecule is O=C(O)C(F)(F)F.O=C1CCc2cc(Nc3ncc(F)c(Nc4ccc5oc(=O)[nH]c5c4)n3)ccc2N1. The third-order valence-electron chi connectivity index (χ3n) is 4.93. The predicted molar refractivity (Wildman–Crippen MR) is 122 cm³/mol. The van der Waals surface area contributed by atoms with Gasteiger partial charge in [0.2, 0.25) is 11.9 Å². The highest BCUT2D eigenvalue weighted by molar-refractivity contribution is 5.94. The summed E-state index contributed by atoms with van der Waals surface area (Å²) in [5.74, 6) is -3.77. The molecule has 0 aliphatic carbocycles. The molecule has 0 bridgehead atoms. The van der Waals surface area contributed by atoms with Gasteiger partial charge in [-0.1, -0.05) is 0 Å². The maximum atomic E-state index is 14.2. The number of aromatic nitrogens is 3. The number of amides is 1. The minimum absolute atomic E-state index is 0.00141. The number of hydrogen-bond acceptors (Lipinski definition) is 8. The smallest absolute Gasteiger partial charge is 0.475 e. The summed E-state index contributed by atoms with van der Waals surface area (Å²) in [7, 11) is 0. The Morgan fingerprint density at radius 1 is 1.05 bits per heavy atom. The minimum Gasteiger partial charge on any atom is -0.475 e. The summed E-state index contributed by atoms with van der Waals surface area (Å²) in [5.41, 5.74) is 3.92. The zero-order valence-electron chi connectivity index (χ0n) is 18.4. The number of halogens is 4. The topological polar surface area (TPSA) is 162 Å². The first-order valence-corrected chi connectivity index (χ1v) is 10.4. The molecule has 192 valence electrons. The van der Waals surface area contributed by atoms with Crippen LogP contribution in [-0.4, -0.2) is 38.1 Å². The molecule has 15 heteroatoms. The molecule has 5 N–H and O–H groups in total. The van der Waals surface area contributed by atoms with Crippen molar-refractivity contribution in [2.75, 3.05) is 16.0 Å². The molecule has 4 aromatic rings. The zero-order chi connectivity index (χ0) is 26.7. The van der Waals surface area contributed by atoms with Gasteiger partial charge in [0.15, 0.2) is 17.2 Å². The number of aliphatic carboxylic acids is 1. The Morgan fingerprint density at radius 3 is 2.49 bits per heavy atom. The number of aryl methyl sites for hydroxylation is 1. The van der Waals surface area contributed by atoms with Gasteiger partial charge in [0.1, 0.15) is 0 Å². The molecule has 11 nitrogen and oxygen atoms in total. The molecule has 0 spiro atoms. The van der Waals surface area contributed by atoms with E-state index >= 15 is 0 Å². The molecule has 1 aliphatic rings. The monoisotopic (exact) mass is 520 g/mol. The van der Waals surface area contributed by atoms with Gasteiger partial charge < -0.3 is 25.5 Å². The molecule has 0 atom stereocenters. The minimum atomic E-state index is -5.08. The van der Waals surface area contributed by atoms with Gasteiger partial charge in [-0.25, -0.2) is 19.0 Å². The van der Waals surface area contributed by atoms with Crippen LogP contribution in [0.4, 0.5) is 46.4 Å². The van der Waals surface area contributed by atoms with Crippen molar-refractivity contribution in [1.29, 1.82) is 0 Å². The van der Waals surface area contributed by atoms with Crippen LogP contribution in [0, 0.1) is 5.82 Å². The van der Waals surface area contributed by atoms with Crippen molar-refractivity contribution in [3.05, 3.63) is 64.5 Å². The van der Waals surface area contributed by atoms with Gasteiger partial charge in [-0.2, -0.15) is 18.2 Å². The molecule has 2 aromatic heterocycles. The fourth-order valence-corrected chi connectivity index (χ4v) is 3.27. The van der Waals surface area contributed by atoms with E-state index in [0.29, 0.717) is 29.6 Å². The van der Waals surface area contributed by atoms with Crippen LogP contribution >= 0.6 is 0 Å². The summed E-state index contributed by atoms with van der Waals surface area (Å²) in [4.78, 5) is 42.4. The van der Waals surface area contributed by atoms with Crippen LogP contribution in [-0.2, 0) is 16.0 Å². The molecule has 0 unspecified atom stereocenters. The quantitative estimate of drug-likeness (QED) is 0.250. The summed E-state index contributed by atoms with van der Waals surface area (Å²) in [6, 6.07) is 10.3. The van der Waals surface area contributed by atoms with Gasteiger partial charge in [-0.3, -0.25) is 9.78 Å². The molecule has 1 amide bonds. The highest BCUT2D eigenvalue weighted by Gasteiger charge is 2.38. The van der Waals surface area contributed by atoms with Crippen molar-refractivity contribution >= 4 is 51.8 Å². The lowest BCUT2D eigenvalue weighted by Crippen LogP contribution is -2.21. The molecule has 3 heterocycles. The van der Waals surface area contributed by atoms with E-state index in [0.717, 1.165) is 23.1 Å². The molecule has 1 aliphatic heterocycles. The number of hydrogen-bond donors (Lipinski definition) is 5. The number of anilines is 5. The van der Waals surface area contributed by atoms with Gasteiger partial charge in [0.05, 0.1) is 11.7 Å². The van der Waals surface area contributed by atoms with Crippen molar-refractivity contribution in [3.8, 4) is 0 Å². The van der Waals surface area contributed by atoms with Gasteiger partial charge in [-0.15, -0.1) is 0 Å². The van der Waals surface area contributed by atoms with E-state index in [2.05, 4.69) is 30.9 Å². The summed E-state index contributed by atoms with van der Waals surface area (Å²) in [5, 5.41) is 15.9. The van der Waals surface area contributed by atoms with Crippen molar-refractivity contribution < 1.29 is 36.7 Å². The van der Waals surface area contributed by atoms with Crippen molar-refractivity contribution in [2.45, 2.75) is 19.0 Å². The lowest BCUT2D eigenvalue weighted by atomic mass is 10.0. The van der Waals surface area contributed by atoms with Gasteiger partial charge in [0.25, 0.3) is 0 Å². The van der Waals surface area contributed by atoms with E-state index in [1.807, 2.05) is 6.07 Å². The fraction of sp³-hybridized carbons (Fsp3) is 0.136. The van der Waals surface area contributed by atoms with E-state index in [-0.39, 0.29) is 17.7 Å². The molecule has 0 fully saturated rings. The molecule has 0 saturated heterocycles. The van der Waals surface area contributed by atoms with Crippen molar-refractivity contribution in [1.82, 2.24) is 15.0 Å². The molecule has 37 heavy (non-hydrogen) atoms. The number of alkyl halides is 3. The highest BCUT2D eigenvalue weighted by atomic mass is 19.4. The van der Waals surface area contributed by atoms with E-state index in [9.17, 15) is 27.2 Å². The van der Waals surface area contributed by atoms with Crippen LogP contribution in [0.3, 0.4) is 0 Å². The van der Waals surface area contributed by atoms with Crippen LogP contribution in [0.1, 0.15) is 12.0 Å². The number of oxazole rings is 1. The Bertz CT molecular complexity index is 1550. The second kappa shape index (κ2) is 9.96. The average molecular weight is 520 g/mol. The number of carboxylic acids is 1. The summed E-state index contributed by atoms with van der Waals surface area (Å²) < 4.78 is 50.9. The number of carboxylic acid groups (broad SMARTS) is 1. The number of rotatable bonds is 4. The van der Waals surface area contributed by atoms with E-state index in [1.54, 1.807) is 30.3 Å². The number of H-pyrrole nitrogens is 1. The van der Waals surface area contributed by atoms with Crippen LogP contribution in [0.15, 0.2) is 51.8 Å². The first-order valence-electron chi connectivity index (χ1n) is 10.4. The van der Waals surface area contributed by atoms with E-state index < -0.39 is 23.7 Å². The number of nitrogens with one attached hydrogen (secondary N) is 4. The van der Waals surface area contributed by atoms with Crippen molar-refractivity contribution in [3.63, 3.8) is 0 Å². The standard InChI is InChI=1S/C20H15FN6O3.C2HF3O2/c21-13-9-22-19(24-11-2-4-14-10(7-11)1-6-17(28)25-14)27-18(13)23-12-3-5-16-15(8-12)26-20(29)30-16;3-2(4,5)1(6)7/h2-5,7-9H,1,6H2,(H,25,28)(H,26,29)(H2,22,23,24,27);(H,6,7). The lowest BCUT2D eigenvalue weighted by Gasteiger charge is -2.18. The zero-order valence-corrected chi connectivity index (χ0v) is 18.4. The summed E-state index contributed by atoms with van der Waals surface area (Å²) >= 11 is 0. The maximum absolute atomic E-state index is 14.2. The van der Waals surface area contributed by atoms with Gasteiger partial charge >= 0.3 is 17.9 Å². The molecular formula is C22H16F4N6O5. The van der Waals surface area contributed by atoms with Crippen LogP contribution in [0.25, 0.3) is 11.1 Å². The number of aromatic amines is 1. The average Bonchev–Trinajstić information content (AvgIpc) is 3.20. The number of nitrogens with zero attached hydrogens (tertiary/aromatic N) is 2. The fourth-order valence-electron chi connectivity index (χ4n) is 3.27. The first kappa shape index (κ1) is 25.2. The second-order valence-corrected chi connectivity index (χ2v) is 7.59. The van der Waals surface area contributed by atoms with Crippen molar-refractivity contribution in [2.24, 2.45) is 0 Å². The maximum Gasteiger partial charge on any atom is 0.490 e. The second-order valence-electron chi connectivity index (χ2n) is 7.59. The Kier molecular flexibility index (Phi) is 6.77. The third kappa shape index (κ3) is 6.19. The molecule has 2 aromatic carbocycles. The van der Waals surface area contributed by atoms with E-state index in [4.69, 9.17) is 14.3 Å². The molecule has 5 rings (SSSR count). The Hall–Kier alpha value is -4.95. The Labute approximate surface area is 203 Å². The van der Waals surface area contributed by atoms with Crippen LogP contribution < -0.4 is 21.7 Å². The Morgan fingerprint density at radius 2 is 1.76 bits per heavy atom. The highest BCUT2D eigenvalue weighted by Crippen LogP contribution is 2.27. The number of benzene rings is 2. The number of carbonyl (C=O) groups excluding carboxylic acids is 1. The predicted octanol–water partition coefficient (Wildman–Crippen LogP) is 4.06. The van der Waals surface area contributed by atoms with Gasteiger partial charge in [-0.05, 0) is 48.4 Å². The lowest BCUT2D eigenvalue weighted by molar-refractivity contribution is -0.192. The van der Waals surface area contributed by atoms with Gasteiger partial charge in [0, 0.05) is 23.5 Å². The Balaban J connectivity index is 0.000000405. The summed E-state index contributed by atoms with van der Waals surface area (Å²) in [6.07, 6.45) is -2.94. The van der Waals surface area contributed by atoms with Crippen LogP contribution in [0.5, 0.6) is 0 Å². The third-order valence-corrected chi connectivity index (χ3v) is 4.93. The molecule has 0 radical (unpaired) electrons. The number of fused-ring (bicyclic) bond motifs is 2. The summed E-state index contributed by atoms with van der Waals surface area (Å²) in [6.45, 7) is 0. The first-order chi connectivity index (χ1) is 17.5. The normalized spacial score (nSPS) is 12.7. The number of carbonyl (C=O) groups is 2.